The number of sulfone groups is 1. The predicted octanol–water partition coefficient (Wildman–Crippen LogP) is 5.05. The molecule has 3 aromatic rings. The lowest BCUT2D eigenvalue weighted by Crippen LogP contribution is -2.58. The van der Waals surface area contributed by atoms with E-state index in [-0.39, 0.29) is 10.5 Å². The molecule has 0 aliphatic carbocycles. The Labute approximate surface area is 204 Å². The van der Waals surface area contributed by atoms with Crippen molar-refractivity contribution >= 4 is 15.5 Å². The maximum Gasteiger partial charge on any atom is 0.433 e. The lowest BCUT2D eigenvalue weighted by molar-refractivity contribution is -0.141. The number of aryl methyl sites for hydroxylation is 1. The van der Waals surface area contributed by atoms with Crippen molar-refractivity contribution in [3.8, 4) is 0 Å². The average Bonchev–Trinajstić information content (AvgIpc) is 2.80. The molecule has 1 aliphatic rings. The van der Waals surface area contributed by atoms with Crippen molar-refractivity contribution in [2.45, 2.75) is 37.0 Å². The summed E-state index contributed by atoms with van der Waals surface area (Å²) in [5, 5.41) is 0. The normalized spacial score (nSPS) is 19.7. The molecular formula is C26H28F3N3O2S. The van der Waals surface area contributed by atoms with E-state index in [1.54, 1.807) is 24.3 Å². The number of pyridine rings is 1. The highest BCUT2D eigenvalue weighted by atomic mass is 32.2. The summed E-state index contributed by atoms with van der Waals surface area (Å²) in [5.74, 6) is 0. The zero-order valence-electron chi connectivity index (χ0n) is 19.9. The molecule has 0 spiro atoms. The molecule has 0 saturated carbocycles. The molecule has 1 aromatic heterocycles. The average molecular weight is 504 g/mol. The summed E-state index contributed by atoms with van der Waals surface area (Å²) in [6, 6.07) is 18.4. The lowest BCUT2D eigenvalue weighted by atomic mass is 9.86. The number of rotatable bonds is 5. The maximum atomic E-state index is 13.2. The van der Waals surface area contributed by atoms with Gasteiger partial charge >= 0.3 is 6.18 Å². The highest BCUT2D eigenvalue weighted by Crippen LogP contribution is 2.36. The molecule has 35 heavy (non-hydrogen) atoms. The third kappa shape index (κ3) is 5.36. The van der Waals surface area contributed by atoms with Crippen LogP contribution in [-0.4, -0.2) is 44.2 Å². The lowest BCUT2D eigenvalue weighted by Gasteiger charge is -2.50. The van der Waals surface area contributed by atoms with E-state index in [4.69, 9.17) is 0 Å². The Morgan fingerprint density at radius 1 is 1.03 bits per heavy atom. The standard InChI is InChI=1S/C26H28F3N3O2S/c1-19-14-20(16-30-24(19)26(27,28)29)17-32-13-12-31(18-25(32,2)21-8-5-4-6-9-21)22-10-7-11-23(15-22)35(3,33)34/h4-11,14-16H,12-13,17-18H2,1-3H3. The van der Waals surface area contributed by atoms with E-state index in [0.717, 1.165) is 11.3 Å². The Bertz CT molecular complexity index is 1310. The van der Waals surface area contributed by atoms with Crippen molar-refractivity contribution in [1.82, 2.24) is 9.88 Å². The first kappa shape index (κ1) is 25.2. The van der Waals surface area contributed by atoms with Crippen LogP contribution in [0, 0.1) is 6.92 Å². The molecule has 0 radical (unpaired) electrons. The third-order valence-corrected chi connectivity index (χ3v) is 7.73. The van der Waals surface area contributed by atoms with Gasteiger partial charge in [-0.2, -0.15) is 13.2 Å². The Morgan fingerprint density at radius 3 is 2.37 bits per heavy atom. The smallest absolute Gasteiger partial charge is 0.368 e. The van der Waals surface area contributed by atoms with Gasteiger partial charge in [-0.3, -0.25) is 9.88 Å². The number of alkyl halides is 3. The van der Waals surface area contributed by atoms with Crippen molar-refractivity contribution in [2.24, 2.45) is 0 Å². The highest BCUT2D eigenvalue weighted by molar-refractivity contribution is 7.90. The van der Waals surface area contributed by atoms with Gasteiger partial charge in [0.2, 0.25) is 0 Å². The maximum absolute atomic E-state index is 13.2. The van der Waals surface area contributed by atoms with Gasteiger partial charge in [0.15, 0.2) is 9.84 Å². The largest absolute Gasteiger partial charge is 0.433 e. The number of hydrogen-bond donors (Lipinski definition) is 0. The SMILES string of the molecule is Cc1cc(CN2CCN(c3cccc(S(C)(=O)=O)c3)CC2(C)c2ccccc2)cnc1C(F)(F)F. The predicted molar refractivity (Wildman–Crippen MR) is 130 cm³/mol. The van der Waals surface area contributed by atoms with Gasteiger partial charge in [-0.1, -0.05) is 42.5 Å². The Kier molecular flexibility index (Phi) is 6.68. The second-order valence-corrected chi connectivity index (χ2v) is 11.3. The van der Waals surface area contributed by atoms with Crippen LogP contribution in [-0.2, 0) is 28.1 Å². The van der Waals surface area contributed by atoms with Crippen LogP contribution in [0.4, 0.5) is 18.9 Å². The van der Waals surface area contributed by atoms with E-state index in [0.29, 0.717) is 31.7 Å². The number of nitrogens with zero attached hydrogens (tertiary/aromatic N) is 3. The van der Waals surface area contributed by atoms with Crippen LogP contribution in [0.5, 0.6) is 0 Å². The summed E-state index contributed by atoms with van der Waals surface area (Å²) in [6.45, 7) is 5.84. The quantitative estimate of drug-likeness (QED) is 0.488. The van der Waals surface area contributed by atoms with Gasteiger partial charge in [0, 0.05) is 44.3 Å². The number of benzene rings is 2. The molecule has 2 aromatic carbocycles. The molecule has 4 rings (SSSR count). The van der Waals surface area contributed by atoms with E-state index in [1.165, 1.54) is 19.4 Å². The van der Waals surface area contributed by atoms with Gasteiger partial charge in [-0.15, -0.1) is 0 Å². The van der Waals surface area contributed by atoms with Gasteiger partial charge in [0.25, 0.3) is 0 Å². The van der Waals surface area contributed by atoms with Gasteiger partial charge in [-0.25, -0.2) is 8.42 Å². The fourth-order valence-electron chi connectivity index (χ4n) is 4.73. The molecule has 1 aliphatic heterocycles. The minimum absolute atomic E-state index is 0.104. The molecule has 1 saturated heterocycles. The zero-order valence-corrected chi connectivity index (χ0v) is 20.7. The summed E-state index contributed by atoms with van der Waals surface area (Å²) in [5.41, 5.74) is 1.37. The summed E-state index contributed by atoms with van der Waals surface area (Å²) < 4.78 is 63.7. The van der Waals surface area contributed by atoms with E-state index in [2.05, 4.69) is 21.7 Å². The summed E-state index contributed by atoms with van der Waals surface area (Å²) in [6.07, 6.45) is -1.98. The highest BCUT2D eigenvalue weighted by Gasteiger charge is 2.40. The molecule has 0 amide bonds. The molecular weight excluding hydrogens is 475 g/mol. The Morgan fingerprint density at radius 2 is 1.74 bits per heavy atom. The van der Waals surface area contributed by atoms with Crippen LogP contribution in [0.2, 0.25) is 0 Å². The molecule has 1 unspecified atom stereocenters. The van der Waals surface area contributed by atoms with Gasteiger partial charge in [0.05, 0.1) is 10.4 Å². The van der Waals surface area contributed by atoms with Crippen molar-refractivity contribution < 1.29 is 21.6 Å². The molecule has 186 valence electrons. The molecule has 1 fully saturated rings. The van der Waals surface area contributed by atoms with Crippen LogP contribution in [0.25, 0.3) is 0 Å². The molecule has 9 heteroatoms. The van der Waals surface area contributed by atoms with Crippen LogP contribution in [0.1, 0.15) is 29.3 Å². The second-order valence-electron chi connectivity index (χ2n) is 9.26. The summed E-state index contributed by atoms with van der Waals surface area (Å²) >= 11 is 0. The van der Waals surface area contributed by atoms with Crippen molar-refractivity contribution in [3.63, 3.8) is 0 Å². The summed E-state index contributed by atoms with van der Waals surface area (Å²) in [4.78, 5) is 8.39. The van der Waals surface area contributed by atoms with E-state index in [9.17, 15) is 21.6 Å². The fraction of sp³-hybridized carbons (Fsp3) is 0.346. The van der Waals surface area contributed by atoms with Gasteiger partial charge < -0.3 is 4.90 Å². The van der Waals surface area contributed by atoms with Gasteiger partial charge in [-0.05, 0) is 48.7 Å². The van der Waals surface area contributed by atoms with Crippen molar-refractivity contribution in [1.29, 1.82) is 0 Å². The van der Waals surface area contributed by atoms with E-state index >= 15 is 0 Å². The van der Waals surface area contributed by atoms with Crippen LogP contribution in [0.15, 0.2) is 71.8 Å². The zero-order chi connectivity index (χ0) is 25.4. The monoisotopic (exact) mass is 503 g/mol. The van der Waals surface area contributed by atoms with Crippen molar-refractivity contribution in [3.05, 3.63) is 89.2 Å². The number of aromatic nitrogens is 1. The van der Waals surface area contributed by atoms with Crippen LogP contribution >= 0.6 is 0 Å². The molecule has 0 bridgehead atoms. The van der Waals surface area contributed by atoms with Crippen LogP contribution < -0.4 is 4.90 Å². The Hall–Kier alpha value is -2.91. The summed E-state index contributed by atoms with van der Waals surface area (Å²) in [7, 11) is -3.34. The minimum atomic E-state index is -4.48. The first-order chi connectivity index (χ1) is 16.4. The first-order valence-corrected chi connectivity index (χ1v) is 13.2. The van der Waals surface area contributed by atoms with E-state index in [1.807, 2.05) is 36.4 Å². The third-order valence-electron chi connectivity index (χ3n) is 6.62. The minimum Gasteiger partial charge on any atom is -0.368 e. The molecule has 1 atom stereocenters. The van der Waals surface area contributed by atoms with Crippen LogP contribution in [0.3, 0.4) is 0 Å². The van der Waals surface area contributed by atoms with Crippen molar-refractivity contribution in [2.75, 3.05) is 30.8 Å². The molecule has 5 nitrogen and oxygen atoms in total. The molecule has 0 N–H and O–H groups in total. The van der Waals surface area contributed by atoms with Gasteiger partial charge in [0.1, 0.15) is 5.69 Å². The van der Waals surface area contributed by atoms with E-state index < -0.39 is 27.2 Å². The number of hydrogen-bond acceptors (Lipinski definition) is 5. The first-order valence-electron chi connectivity index (χ1n) is 11.3. The topological polar surface area (TPSA) is 53.5 Å². The number of piperazine rings is 1. The number of halogens is 3. The Balaban J connectivity index is 1.67. The second kappa shape index (κ2) is 9.28. The molecule has 2 heterocycles. The fourth-order valence-corrected chi connectivity index (χ4v) is 5.39. The number of anilines is 1.